The molecule has 3 heterocycles. The normalized spacial score (nSPS) is 14.4. The smallest absolute Gasteiger partial charge is 0.331 e. The highest BCUT2D eigenvalue weighted by Gasteiger charge is 2.34. The van der Waals surface area contributed by atoms with Gasteiger partial charge in [-0.05, 0) is 35.4 Å². The summed E-state index contributed by atoms with van der Waals surface area (Å²) in [6.07, 6.45) is 0. The number of aryl methyl sites for hydroxylation is 1. The lowest BCUT2D eigenvalue weighted by Gasteiger charge is -2.31. The summed E-state index contributed by atoms with van der Waals surface area (Å²) >= 11 is 0. The Bertz CT molecular complexity index is 1760. The zero-order chi connectivity index (χ0) is 24.4. The van der Waals surface area contributed by atoms with E-state index in [1.54, 1.807) is 13.1 Å². The molecule has 8 nitrogen and oxygen atoms in total. The molecule has 3 N–H and O–H groups in total. The standard InChI is InChI=1S/C27H22N4O4/c1-29-24-21(26(34)30(2)27(29)35)23(15-8-4-3-5-9-15)31-18-11-7-6-10-17(18)28-22(25(24)31)16-12-13-19(32)20(33)14-16/h3-14,22,28,32-33H,1-2H3. The number of nitrogens with one attached hydrogen (secondary N) is 1. The van der Waals surface area contributed by atoms with Crippen LogP contribution in [0.2, 0.25) is 0 Å². The number of nitrogens with zero attached hydrogens (tertiary/aromatic N) is 3. The zero-order valence-electron chi connectivity index (χ0n) is 19.1. The van der Waals surface area contributed by atoms with E-state index >= 15 is 0 Å². The van der Waals surface area contributed by atoms with Crippen LogP contribution in [0, 0.1) is 0 Å². The van der Waals surface area contributed by atoms with Gasteiger partial charge in [0, 0.05) is 14.1 Å². The molecule has 1 aliphatic rings. The summed E-state index contributed by atoms with van der Waals surface area (Å²) in [6.45, 7) is 0. The number of benzene rings is 3. The van der Waals surface area contributed by atoms with E-state index in [4.69, 9.17) is 0 Å². The first-order chi connectivity index (χ1) is 16.9. The lowest BCUT2D eigenvalue weighted by atomic mass is 9.99. The highest BCUT2D eigenvalue weighted by Crippen LogP contribution is 2.46. The maximum Gasteiger partial charge on any atom is 0.331 e. The fraction of sp³-hybridized carbons (Fsp3) is 0.111. The van der Waals surface area contributed by atoms with Crippen LogP contribution >= 0.6 is 0 Å². The third-order valence-corrected chi connectivity index (χ3v) is 6.71. The fourth-order valence-electron chi connectivity index (χ4n) is 5.06. The Morgan fingerprint density at radius 1 is 0.829 bits per heavy atom. The first kappa shape index (κ1) is 20.9. The average molecular weight is 466 g/mol. The van der Waals surface area contributed by atoms with Gasteiger partial charge < -0.3 is 20.1 Å². The van der Waals surface area contributed by atoms with E-state index in [2.05, 4.69) is 5.32 Å². The van der Waals surface area contributed by atoms with Crippen molar-refractivity contribution < 1.29 is 10.2 Å². The SMILES string of the molecule is Cn1c(=O)c2c(-c3ccccc3)n3c(c2n(C)c1=O)C(c1ccc(O)c(O)c1)Nc1ccccc1-3. The molecule has 8 heteroatoms. The predicted octanol–water partition coefficient (Wildman–Crippen LogP) is 3.62. The monoisotopic (exact) mass is 466 g/mol. The molecule has 0 saturated heterocycles. The van der Waals surface area contributed by atoms with Crippen molar-refractivity contribution in [3.8, 4) is 28.4 Å². The van der Waals surface area contributed by atoms with Gasteiger partial charge in [0.15, 0.2) is 11.5 Å². The minimum absolute atomic E-state index is 0.226. The fourth-order valence-corrected chi connectivity index (χ4v) is 5.06. The third kappa shape index (κ3) is 2.86. The maximum atomic E-state index is 13.6. The second-order valence-electron chi connectivity index (χ2n) is 8.71. The number of rotatable bonds is 2. The van der Waals surface area contributed by atoms with Gasteiger partial charge in [0.1, 0.15) is 0 Å². The predicted molar refractivity (Wildman–Crippen MR) is 134 cm³/mol. The molecule has 0 bridgehead atoms. The molecule has 0 saturated carbocycles. The molecule has 1 atom stereocenters. The third-order valence-electron chi connectivity index (χ3n) is 6.71. The van der Waals surface area contributed by atoms with E-state index in [0.717, 1.165) is 21.5 Å². The summed E-state index contributed by atoms with van der Waals surface area (Å²) in [6, 6.07) is 21.5. The molecule has 0 spiro atoms. The Kier molecular flexibility index (Phi) is 4.41. The molecule has 174 valence electrons. The highest BCUT2D eigenvalue weighted by atomic mass is 16.3. The Balaban J connectivity index is 1.86. The van der Waals surface area contributed by atoms with Crippen molar-refractivity contribution in [3.63, 3.8) is 0 Å². The van der Waals surface area contributed by atoms with Crippen LogP contribution in [0.3, 0.4) is 0 Å². The number of fused-ring (bicyclic) bond motifs is 5. The minimum Gasteiger partial charge on any atom is -0.504 e. The van der Waals surface area contributed by atoms with Crippen molar-refractivity contribution >= 4 is 16.6 Å². The molecule has 3 aromatic carbocycles. The molecule has 0 radical (unpaired) electrons. The Hall–Kier alpha value is -4.72. The quantitative estimate of drug-likeness (QED) is 0.345. The van der Waals surface area contributed by atoms with Gasteiger partial charge in [-0.25, -0.2) is 4.79 Å². The van der Waals surface area contributed by atoms with Crippen LogP contribution in [0.4, 0.5) is 5.69 Å². The van der Waals surface area contributed by atoms with E-state index in [1.807, 2.05) is 59.2 Å². The van der Waals surface area contributed by atoms with Crippen LogP contribution in [0.1, 0.15) is 17.3 Å². The Labute approximate surface area is 199 Å². The van der Waals surface area contributed by atoms with E-state index in [1.165, 1.54) is 23.7 Å². The lowest BCUT2D eigenvalue weighted by molar-refractivity contribution is 0.403. The molecule has 5 aromatic rings. The molecular formula is C27H22N4O4. The maximum absolute atomic E-state index is 13.6. The summed E-state index contributed by atoms with van der Waals surface area (Å²) in [5.41, 5.74) is 4.26. The second kappa shape index (κ2) is 7.39. The van der Waals surface area contributed by atoms with Crippen molar-refractivity contribution in [3.05, 3.63) is 105 Å². The van der Waals surface area contributed by atoms with Crippen LogP contribution in [0.5, 0.6) is 11.5 Å². The van der Waals surface area contributed by atoms with Crippen LogP contribution in [-0.4, -0.2) is 23.9 Å². The number of aromatic nitrogens is 3. The van der Waals surface area contributed by atoms with Crippen LogP contribution < -0.4 is 16.6 Å². The molecule has 0 fully saturated rings. The molecule has 1 aliphatic heterocycles. The van der Waals surface area contributed by atoms with Gasteiger partial charge in [0.05, 0.1) is 39.7 Å². The van der Waals surface area contributed by atoms with Crippen molar-refractivity contribution in [2.45, 2.75) is 6.04 Å². The lowest BCUT2D eigenvalue weighted by Crippen LogP contribution is -2.37. The number of para-hydroxylation sites is 2. The Morgan fingerprint density at radius 2 is 1.54 bits per heavy atom. The van der Waals surface area contributed by atoms with Crippen molar-refractivity contribution in [2.24, 2.45) is 14.1 Å². The Morgan fingerprint density at radius 3 is 2.29 bits per heavy atom. The number of hydrogen-bond acceptors (Lipinski definition) is 5. The topological polar surface area (TPSA) is 101 Å². The first-order valence-corrected chi connectivity index (χ1v) is 11.2. The minimum atomic E-state index is -0.519. The van der Waals surface area contributed by atoms with E-state index in [0.29, 0.717) is 27.9 Å². The molecule has 1 unspecified atom stereocenters. The number of phenols is 2. The van der Waals surface area contributed by atoms with Crippen molar-refractivity contribution in [2.75, 3.05) is 5.32 Å². The van der Waals surface area contributed by atoms with Crippen molar-refractivity contribution in [1.82, 2.24) is 13.7 Å². The van der Waals surface area contributed by atoms with Gasteiger partial charge >= 0.3 is 5.69 Å². The average Bonchev–Trinajstić information content (AvgIpc) is 3.24. The number of aromatic hydroxyl groups is 2. The van der Waals surface area contributed by atoms with Crippen LogP contribution in [0.15, 0.2) is 82.4 Å². The van der Waals surface area contributed by atoms with Gasteiger partial charge in [0.2, 0.25) is 0 Å². The summed E-state index contributed by atoms with van der Waals surface area (Å²) in [5.74, 6) is -0.477. The van der Waals surface area contributed by atoms with Gasteiger partial charge in [-0.15, -0.1) is 0 Å². The zero-order valence-corrected chi connectivity index (χ0v) is 19.1. The summed E-state index contributed by atoms with van der Waals surface area (Å²) < 4.78 is 4.65. The summed E-state index contributed by atoms with van der Waals surface area (Å²) in [4.78, 5) is 26.7. The largest absolute Gasteiger partial charge is 0.504 e. The van der Waals surface area contributed by atoms with E-state index in [9.17, 15) is 19.8 Å². The second-order valence-corrected chi connectivity index (χ2v) is 8.71. The van der Waals surface area contributed by atoms with Gasteiger partial charge in [-0.1, -0.05) is 48.5 Å². The van der Waals surface area contributed by atoms with Crippen molar-refractivity contribution in [1.29, 1.82) is 0 Å². The summed E-state index contributed by atoms with van der Waals surface area (Å²) in [7, 11) is 3.14. The molecule has 0 aliphatic carbocycles. The molecular weight excluding hydrogens is 444 g/mol. The van der Waals surface area contributed by atoms with E-state index in [-0.39, 0.29) is 17.1 Å². The van der Waals surface area contributed by atoms with Gasteiger partial charge in [-0.3, -0.25) is 13.9 Å². The molecule has 0 amide bonds. The van der Waals surface area contributed by atoms with Gasteiger partial charge in [-0.2, -0.15) is 0 Å². The number of phenolic OH excluding ortho intramolecular Hbond substituents is 2. The first-order valence-electron chi connectivity index (χ1n) is 11.2. The van der Waals surface area contributed by atoms with E-state index < -0.39 is 11.7 Å². The van der Waals surface area contributed by atoms with Crippen LogP contribution in [-0.2, 0) is 14.1 Å². The number of hydrogen-bond donors (Lipinski definition) is 3. The summed E-state index contributed by atoms with van der Waals surface area (Å²) in [5, 5.41) is 24.1. The molecule has 6 rings (SSSR count). The number of anilines is 1. The molecule has 2 aromatic heterocycles. The molecule has 35 heavy (non-hydrogen) atoms. The van der Waals surface area contributed by atoms with Gasteiger partial charge in [0.25, 0.3) is 5.56 Å². The van der Waals surface area contributed by atoms with Crippen LogP contribution in [0.25, 0.3) is 27.8 Å². The highest BCUT2D eigenvalue weighted by molar-refractivity contribution is 5.99.